The summed E-state index contributed by atoms with van der Waals surface area (Å²) in [6, 6.07) is 29.7. The van der Waals surface area contributed by atoms with E-state index in [4.69, 9.17) is 21.1 Å². The Bertz CT molecular complexity index is 1410. The van der Waals surface area contributed by atoms with Crippen LogP contribution in [-0.4, -0.2) is 25.0 Å². The first-order valence-electron chi connectivity index (χ1n) is 12.1. The van der Waals surface area contributed by atoms with Crippen LogP contribution in [0.5, 0.6) is 11.5 Å². The molecule has 4 aromatic carbocycles. The van der Waals surface area contributed by atoms with Crippen LogP contribution in [0.4, 0.5) is 11.4 Å². The smallest absolute Gasteiger partial charge is 0.242 e. The van der Waals surface area contributed by atoms with E-state index in [-0.39, 0.29) is 18.2 Å². The average Bonchev–Trinajstić information content (AvgIpc) is 2.94. The monoisotopic (exact) mass is 544 g/mol. The van der Waals surface area contributed by atoms with Crippen LogP contribution in [-0.2, 0) is 16.0 Å². The molecule has 0 saturated carbocycles. The molecule has 6 nitrogen and oxygen atoms in total. The second-order valence-electron chi connectivity index (χ2n) is 8.63. The molecular formula is C30H25ClN2O4S. The summed E-state index contributed by atoms with van der Waals surface area (Å²) in [5.41, 5.74) is 3.09. The van der Waals surface area contributed by atoms with Crippen molar-refractivity contribution in [3.8, 4) is 11.5 Å². The first kappa shape index (κ1) is 25.7. The number of thioether (sulfide) groups is 1. The molecular weight excluding hydrogens is 520 g/mol. The van der Waals surface area contributed by atoms with Gasteiger partial charge in [-0.1, -0.05) is 54.1 Å². The highest BCUT2D eigenvalue weighted by atomic mass is 35.5. The third-order valence-electron chi connectivity index (χ3n) is 5.82. The maximum absolute atomic E-state index is 13.4. The topological polar surface area (TPSA) is 76.7 Å². The van der Waals surface area contributed by atoms with Crippen molar-refractivity contribution in [2.75, 3.05) is 23.8 Å². The maximum atomic E-state index is 13.4. The molecule has 0 aliphatic carbocycles. The number of amides is 2. The van der Waals surface area contributed by atoms with Gasteiger partial charge in [-0.2, -0.15) is 0 Å². The Hall–Kier alpha value is -3.94. The Morgan fingerprint density at radius 3 is 2.21 bits per heavy atom. The predicted octanol–water partition coefficient (Wildman–Crippen LogP) is 6.76. The number of halogens is 1. The van der Waals surface area contributed by atoms with Gasteiger partial charge in [-0.15, -0.1) is 11.8 Å². The molecule has 1 heterocycles. The molecule has 1 atom stereocenters. The minimum absolute atomic E-state index is 0.117. The van der Waals surface area contributed by atoms with Crippen LogP contribution in [0.15, 0.2) is 102 Å². The maximum Gasteiger partial charge on any atom is 0.242 e. The molecule has 1 unspecified atom stereocenters. The summed E-state index contributed by atoms with van der Waals surface area (Å²) in [6.07, 6.45) is 0.254. The molecule has 38 heavy (non-hydrogen) atoms. The number of nitrogens with one attached hydrogen (secondary N) is 2. The van der Waals surface area contributed by atoms with Crippen molar-refractivity contribution >= 4 is 46.6 Å². The highest BCUT2D eigenvalue weighted by molar-refractivity contribution is 8.00. The van der Waals surface area contributed by atoms with Crippen molar-refractivity contribution in [2.24, 2.45) is 0 Å². The summed E-state index contributed by atoms with van der Waals surface area (Å²) < 4.78 is 11.2. The van der Waals surface area contributed by atoms with Gasteiger partial charge in [0.05, 0.1) is 6.42 Å². The van der Waals surface area contributed by atoms with Crippen molar-refractivity contribution in [3.63, 3.8) is 0 Å². The molecule has 0 spiro atoms. The second kappa shape index (κ2) is 12.1. The lowest BCUT2D eigenvalue weighted by Crippen LogP contribution is -2.20. The second-order valence-corrected chi connectivity index (χ2v) is 10.2. The SMILES string of the molecule is O=C(Cc1ccc(Cl)cc1)Nc1ccc(SC(C(=O)Nc2ccc3c(c2)OCCO3)c2ccccc2)cc1. The average molecular weight is 545 g/mol. The summed E-state index contributed by atoms with van der Waals surface area (Å²) >= 11 is 7.35. The summed E-state index contributed by atoms with van der Waals surface area (Å²) in [4.78, 5) is 26.8. The quantitative estimate of drug-likeness (QED) is 0.239. The van der Waals surface area contributed by atoms with Crippen molar-refractivity contribution in [3.05, 3.63) is 113 Å². The molecule has 0 aromatic heterocycles. The number of ether oxygens (including phenoxy) is 2. The molecule has 2 amide bonds. The third kappa shape index (κ3) is 6.68. The van der Waals surface area contributed by atoms with Crippen LogP contribution in [0.25, 0.3) is 0 Å². The van der Waals surface area contributed by atoms with Crippen LogP contribution >= 0.6 is 23.4 Å². The van der Waals surface area contributed by atoms with Gasteiger partial charge in [0.25, 0.3) is 0 Å². The Morgan fingerprint density at radius 2 is 1.47 bits per heavy atom. The molecule has 5 rings (SSSR count). The van der Waals surface area contributed by atoms with Gasteiger partial charge in [0.15, 0.2) is 11.5 Å². The molecule has 192 valence electrons. The lowest BCUT2D eigenvalue weighted by molar-refractivity contribution is -0.116. The van der Waals surface area contributed by atoms with Crippen LogP contribution in [0, 0.1) is 0 Å². The Morgan fingerprint density at radius 1 is 0.789 bits per heavy atom. The van der Waals surface area contributed by atoms with Gasteiger partial charge in [0.1, 0.15) is 18.5 Å². The summed E-state index contributed by atoms with van der Waals surface area (Å²) in [5, 5.41) is 6.07. The fraction of sp³-hybridized carbons (Fsp3) is 0.133. The van der Waals surface area contributed by atoms with Crippen molar-refractivity contribution in [2.45, 2.75) is 16.6 Å². The normalized spacial score (nSPS) is 12.9. The zero-order valence-electron chi connectivity index (χ0n) is 20.4. The molecule has 0 radical (unpaired) electrons. The highest BCUT2D eigenvalue weighted by Gasteiger charge is 2.23. The lowest BCUT2D eigenvalue weighted by Gasteiger charge is -2.20. The molecule has 4 aromatic rings. The number of carbonyl (C=O) groups is 2. The van der Waals surface area contributed by atoms with Crippen LogP contribution in [0.3, 0.4) is 0 Å². The van der Waals surface area contributed by atoms with Gasteiger partial charge >= 0.3 is 0 Å². The van der Waals surface area contributed by atoms with Gasteiger partial charge in [-0.3, -0.25) is 9.59 Å². The third-order valence-corrected chi connectivity index (χ3v) is 7.34. The Balaban J connectivity index is 1.26. The number of benzene rings is 4. The van der Waals surface area contributed by atoms with E-state index >= 15 is 0 Å². The summed E-state index contributed by atoms with van der Waals surface area (Å²) in [7, 11) is 0. The molecule has 0 saturated heterocycles. The number of hydrogen-bond donors (Lipinski definition) is 2. The van der Waals surface area contributed by atoms with Crippen LogP contribution < -0.4 is 20.1 Å². The minimum atomic E-state index is -0.491. The fourth-order valence-corrected chi connectivity index (χ4v) is 5.13. The van der Waals surface area contributed by atoms with Crippen LogP contribution in [0.2, 0.25) is 5.02 Å². The summed E-state index contributed by atoms with van der Waals surface area (Å²) in [5.74, 6) is 1.02. The van der Waals surface area contributed by atoms with E-state index in [0.717, 1.165) is 16.0 Å². The van der Waals surface area contributed by atoms with E-state index < -0.39 is 5.25 Å². The standard InChI is InChI=1S/C30H25ClN2O4S/c31-22-8-6-20(7-9-22)18-28(34)32-23-10-13-25(14-11-23)38-29(21-4-2-1-3-5-21)30(35)33-24-12-15-26-27(19-24)37-17-16-36-26/h1-15,19,29H,16-18H2,(H,32,34)(H,33,35). The Labute approximate surface area is 230 Å². The van der Waals surface area contributed by atoms with E-state index in [1.54, 1.807) is 30.3 Å². The molecule has 1 aliphatic heterocycles. The van der Waals surface area contributed by atoms with Gasteiger partial charge in [-0.25, -0.2) is 0 Å². The van der Waals surface area contributed by atoms with E-state index in [1.807, 2.05) is 66.7 Å². The largest absolute Gasteiger partial charge is 0.486 e. The molecule has 8 heteroatoms. The van der Waals surface area contributed by atoms with E-state index in [2.05, 4.69) is 10.6 Å². The number of hydrogen-bond acceptors (Lipinski definition) is 5. The van der Waals surface area contributed by atoms with Gasteiger partial charge in [-0.05, 0) is 59.7 Å². The van der Waals surface area contributed by atoms with Crippen LogP contribution in [0.1, 0.15) is 16.4 Å². The minimum Gasteiger partial charge on any atom is -0.486 e. The van der Waals surface area contributed by atoms with E-state index in [0.29, 0.717) is 41.1 Å². The molecule has 2 N–H and O–H groups in total. The van der Waals surface area contributed by atoms with Gasteiger partial charge in [0, 0.05) is 27.4 Å². The Kier molecular flexibility index (Phi) is 8.16. The van der Waals surface area contributed by atoms with E-state index in [9.17, 15) is 9.59 Å². The molecule has 0 bridgehead atoms. The zero-order chi connectivity index (χ0) is 26.3. The highest BCUT2D eigenvalue weighted by Crippen LogP contribution is 2.38. The summed E-state index contributed by atoms with van der Waals surface area (Å²) in [6.45, 7) is 0.987. The van der Waals surface area contributed by atoms with E-state index in [1.165, 1.54) is 11.8 Å². The lowest BCUT2D eigenvalue weighted by atomic mass is 10.1. The predicted molar refractivity (Wildman–Crippen MR) is 151 cm³/mol. The molecule has 0 fully saturated rings. The van der Waals surface area contributed by atoms with Gasteiger partial charge < -0.3 is 20.1 Å². The number of fused-ring (bicyclic) bond motifs is 1. The van der Waals surface area contributed by atoms with Gasteiger partial charge in [0.2, 0.25) is 11.8 Å². The first-order chi connectivity index (χ1) is 18.5. The number of rotatable bonds is 8. The first-order valence-corrected chi connectivity index (χ1v) is 13.4. The zero-order valence-corrected chi connectivity index (χ0v) is 21.9. The molecule has 1 aliphatic rings. The number of anilines is 2. The van der Waals surface area contributed by atoms with Crippen molar-refractivity contribution < 1.29 is 19.1 Å². The number of carbonyl (C=O) groups excluding carboxylic acids is 2. The fourth-order valence-electron chi connectivity index (χ4n) is 3.98. The van der Waals surface area contributed by atoms with Crippen molar-refractivity contribution in [1.29, 1.82) is 0 Å². The van der Waals surface area contributed by atoms with Crippen molar-refractivity contribution in [1.82, 2.24) is 0 Å².